The van der Waals surface area contributed by atoms with Gasteiger partial charge in [0.15, 0.2) is 0 Å². The zero-order chi connectivity index (χ0) is 15.5. The van der Waals surface area contributed by atoms with Crippen LogP contribution in [0.15, 0.2) is 91.2 Å². The maximum absolute atomic E-state index is 2.99. The fraction of sp³-hybridized carbons (Fsp3) is 0.0455. The summed E-state index contributed by atoms with van der Waals surface area (Å²) in [6, 6.07) is 23.6. The van der Waals surface area contributed by atoms with E-state index in [0.717, 1.165) is 6.42 Å². The molecule has 0 spiro atoms. The molecule has 1 heterocycles. The molecule has 0 saturated carbocycles. The number of rotatable bonds is 1. The molecule has 1 aromatic heterocycles. The molecule has 4 heteroatoms. The van der Waals surface area contributed by atoms with Gasteiger partial charge in [-0.25, -0.2) is 12.2 Å². The molecule has 1 aliphatic rings. The van der Waals surface area contributed by atoms with Crippen LogP contribution in [0.5, 0.6) is 0 Å². The predicted octanol–water partition coefficient (Wildman–Crippen LogP) is -0.186. The van der Waals surface area contributed by atoms with Gasteiger partial charge >= 0.3 is 21.7 Å². The van der Waals surface area contributed by atoms with Gasteiger partial charge in [0.1, 0.15) is 0 Å². The number of hydrogen-bond donors (Lipinski definition) is 0. The fourth-order valence-electron chi connectivity index (χ4n) is 2.92. The van der Waals surface area contributed by atoms with E-state index in [1.807, 2.05) is 12.2 Å². The van der Waals surface area contributed by atoms with Gasteiger partial charge in [0.2, 0.25) is 0 Å². The van der Waals surface area contributed by atoms with Crippen molar-refractivity contribution < 1.29 is 46.5 Å². The summed E-state index contributed by atoms with van der Waals surface area (Å²) in [7, 11) is 0. The van der Waals surface area contributed by atoms with Gasteiger partial charge in [-0.2, -0.15) is 6.08 Å². The predicted molar refractivity (Wildman–Crippen MR) is 97.9 cm³/mol. The van der Waals surface area contributed by atoms with Crippen LogP contribution in [0.25, 0.3) is 27.4 Å². The Morgan fingerprint density at radius 3 is 2.27 bits per heavy atom. The van der Waals surface area contributed by atoms with E-state index in [-0.39, 0.29) is 46.5 Å². The first-order valence-electron chi connectivity index (χ1n) is 7.85. The van der Waals surface area contributed by atoms with E-state index in [9.17, 15) is 0 Å². The average Bonchev–Trinajstić information content (AvgIpc) is 3.34. The summed E-state index contributed by atoms with van der Waals surface area (Å²) < 4.78 is 2.25. The monoisotopic (exact) mass is 413 g/mol. The van der Waals surface area contributed by atoms with E-state index in [1.54, 1.807) is 0 Å². The van der Waals surface area contributed by atoms with Crippen LogP contribution in [0.2, 0.25) is 0 Å². The van der Waals surface area contributed by atoms with Crippen molar-refractivity contribution in [2.75, 3.05) is 0 Å². The summed E-state index contributed by atoms with van der Waals surface area (Å²) in [4.78, 5) is 0. The van der Waals surface area contributed by atoms with Crippen LogP contribution in [-0.4, -0.2) is 4.57 Å². The number of fused-ring (bicyclic) bond motifs is 2. The third-order valence-electron chi connectivity index (χ3n) is 4.07. The van der Waals surface area contributed by atoms with Crippen molar-refractivity contribution >= 4 is 21.7 Å². The number of halogens is 2. The maximum atomic E-state index is 2.99. The molecule has 128 valence electrons. The second-order valence-electron chi connectivity index (χ2n) is 5.59. The largest absolute Gasteiger partial charge is 4.00 e. The minimum absolute atomic E-state index is 0. The minimum Gasteiger partial charge on any atom is -1.00 e. The number of hydrogen-bond acceptors (Lipinski definition) is 0. The molecule has 3 aromatic carbocycles. The Morgan fingerprint density at radius 1 is 0.885 bits per heavy atom. The van der Waals surface area contributed by atoms with Crippen LogP contribution >= 0.6 is 0 Å². The minimum atomic E-state index is 0. The molecule has 1 nitrogen and oxygen atoms in total. The summed E-state index contributed by atoms with van der Waals surface area (Å²) in [5.41, 5.74) is 2.49. The molecule has 0 bridgehead atoms. The normalized spacial score (nSPS) is 11.2. The second kappa shape index (κ2) is 10.5. The van der Waals surface area contributed by atoms with Crippen LogP contribution < -0.4 is 24.8 Å². The quantitative estimate of drug-likeness (QED) is 0.301. The van der Waals surface area contributed by atoms with Gasteiger partial charge in [0.05, 0.1) is 5.52 Å². The molecule has 1 aliphatic carbocycles. The van der Waals surface area contributed by atoms with Crippen LogP contribution in [0.4, 0.5) is 0 Å². The molecule has 0 radical (unpaired) electrons. The van der Waals surface area contributed by atoms with Crippen molar-refractivity contribution in [3.05, 3.63) is 97.2 Å². The van der Waals surface area contributed by atoms with Gasteiger partial charge in [-0.1, -0.05) is 24.3 Å². The van der Waals surface area contributed by atoms with Gasteiger partial charge in [-0.15, -0.1) is 47.5 Å². The first-order valence-corrected chi connectivity index (χ1v) is 7.85. The van der Waals surface area contributed by atoms with E-state index in [0.29, 0.717) is 0 Å². The summed E-state index contributed by atoms with van der Waals surface area (Å²) in [6.07, 6.45) is 12.1. The molecule has 5 rings (SSSR count). The number of nitrogens with zero attached hydrogens (tertiary/aromatic N) is 1. The number of para-hydroxylation sites is 1. The third-order valence-corrected chi connectivity index (χ3v) is 4.07. The molecule has 0 atom stereocenters. The first-order chi connectivity index (χ1) is 11.4. The Hall–Kier alpha value is -1.64. The first kappa shape index (κ1) is 22.4. The zero-order valence-corrected chi connectivity index (χ0v) is 17.1. The van der Waals surface area contributed by atoms with Crippen molar-refractivity contribution in [2.45, 2.75) is 6.42 Å². The van der Waals surface area contributed by atoms with E-state index < -0.39 is 0 Å². The molecule has 26 heavy (non-hydrogen) atoms. The SMILES string of the molecule is [C-]1=CC=CC1.[Cl-].[Cl-].[Ti+4].c1ccc2[cH-]c(-n3ccc4ccccc43)cc2c1. The van der Waals surface area contributed by atoms with Gasteiger partial charge in [0.25, 0.3) is 0 Å². The van der Waals surface area contributed by atoms with Crippen molar-refractivity contribution in [2.24, 2.45) is 0 Å². The number of benzene rings is 2. The van der Waals surface area contributed by atoms with Crippen LogP contribution in [0, 0.1) is 6.08 Å². The Morgan fingerprint density at radius 2 is 1.62 bits per heavy atom. The van der Waals surface area contributed by atoms with E-state index >= 15 is 0 Å². The molecule has 0 amide bonds. The van der Waals surface area contributed by atoms with E-state index in [4.69, 9.17) is 0 Å². The molecular weight excluding hydrogens is 397 g/mol. The van der Waals surface area contributed by atoms with E-state index in [1.165, 1.54) is 27.4 Å². The maximum Gasteiger partial charge on any atom is 4.00 e. The number of aromatic nitrogens is 1. The summed E-state index contributed by atoms with van der Waals surface area (Å²) in [6.45, 7) is 0. The Bertz CT molecular complexity index is 968. The summed E-state index contributed by atoms with van der Waals surface area (Å²) in [5.74, 6) is 0. The molecule has 4 aromatic rings. The zero-order valence-electron chi connectivity index (χ0n) is 14.1. The Balaban J connectivity index is 0.000000372. The molecular formula is C22H17Cl2NTi. The Kier molecular flexibility index (Phi) is 9.05. The Labute approximate surface area is 181 Å². The van der Waals surface area contributed by atoms with Gasteiger partial charge in [-0.3, -0.25) is 6.08 Å². The van der Waals surface area contributed by atoms with Crippen LogP contribution in [0.3, 0.4) is 0 Å². The smallest absolute Gasteiger partial charge is 1.00 e. The average molecular weight is 414 g/mol. The number of allylic oxidation sites excluding steroid dienone is 4. The van der Waals surface area contributed by atoms with Crippen molar-refractivity contribution in [3.63, 3.8) is 0 Å². The van der Waals surface area contributed by atoms with Crippen molar-refractivity contribution in [1.29, 1.82) is 0 Å². The van der Waals surface area contributed by atoms with Gasteiger partial charge < -0.3 is 29.4 Å². The standard InChI is InChI=1S/C17H12N.C5H5.2ClH.Ti/c1-2-7-15-12-16(11-14(15)6-1)18-10-9-13-5-3-4-8-17(13)18;1-2-4-5-3-1;;;/h1-12H;1-3H,4H2;2*1H;/q2*-1;;;+4/p-2. The summed E-state index contributed by atoms with van der Waals surface area (Å²) in [5, 5.41) is 3.87. The van der Waals surface area contributed by atoms with Crippen molar-refractivity contribution in [1.82, 2.24) is 4.57 Å². The second-order valence-corrected chi connectivity index (χ2v) is 5.59. The van der Waals surface area contributed by atoms with Crippen LogP contribution in [-0.2, 0) is 21.7 Å². The molecule has 0 saturated heterocycles. The van der Waals surface area contributed by atoms with Crippen molar-refractivity contribution in [3.8, 4) is 5.69 Å². The molecule has 0 aliphatic heterocycles. The molecule has 0 N–H and O–H groups in total. The third kappa shape index (κ3) is 4.75. The molecule has 0 fully saturated rings. The summed E-state index contributed by atoms with van der Waals surface area (Å²) >= 11 is 0. The topological polar surface area (TPSA) is 4.93 Å². The van der Waals surface area contributed by atoms with Gasteiger partial charge in [-0.05, 0) is 23.2 Å². The van der Waals surface area contributed by atoms with Gasteiger partial charge in [0, 0.05) is 6.20 Å². The van der Waals surface area contributed by atoms with Crippen LogP contribution in [0.1, 0.15) is 6.42 Å². The van der Waals surface area contributed by atoms with E-state index in [2.05, 4.69) is 89.6 Å². The molecule has 0 unspecified atom stereocenters. The fourth-order valence-corrected chi connectivity index (χ4v) is 2.92.